The van der Waals surface area contributed by atoms with Gasteiger partial charge >= 0.3 is 0 Å². The molecular formula is C25H28N8O2. The van der Waals surface area contributed by atoms with Crippen LogP contribution in [-0.4, -0.2) is 54.0 Å². The number of primary amides is 1. The molecule has 1 amide bonds. The quantitative estimate of drug-likeness (QED) is 0.442. The summed E-state index contributed by atoms with van der Waals surface area (Å²) in [6, 6.07) is 14.7. The van der Waals surface area contributed by atoms with Crippen LogP contribution < -0.4 is 26.4 Å². The molecule has 0 spiro atoms. The Balaban J connectivity index is 1.63. The summed E-state index contributed by atoms with van der Waals surface area (Å²) in [5.74, 6) is -0.126. The first-order valence-electron chi connectivity index (χ1n) is 11.4. The Morgan fingerprint density at radius 3 is 2.49 bits per heavy atom. The highest BCUT2D eigenvalue weighted by atomic mass is 16.5. The molecule has 5 N–H and O–H groups in total. The van der Waals surface area contributed by atoms with E-state index in [-0.39, 0.29) is 23.1 Å². The minimum absolute atomic E-state index is 0.00502. The molecule has 0 unspecified atom stereocenters. The number of carbonyl (C=O) groups is 1. The van der Waals surface area contributed by atoms with E-state index < -0.39 is 5.91 Å². The fourth-order valence-corrected chi connectivity index (χ4v) is 3.80. The predicted octanol–water partition coefficient (Wildman–Crippen LogP) is 2.88. The number of aromatic nitrogens is 2. The van der Waals surface area contributed by atoms with Crippen molar-refractivity contribution in [3.8, 4) is 17.7 Å². The second-order valence-corrected chi connectivity index (χ2v) is 8.32. The van der Waals surface area contributed by atoms with Gasteiger partial charge in [0.1, 0.15) is 17.5 Å². The number of hydrogen-bond donors (Lipinski definition) is 3. The van der Waals surface area contributed by atoms with Crippen LogP contribution in [0.5, 0.6) is 11.6 Å². The maximum Gasteiger partial charge on any atom is 0.271 e. The highest BCUT2D eigenvalue weighted by molar-refractivity contribution is 5.96. The lowest BCUT2D eigenvalue weighted by atomic mass is 10.2. The normalized spacial score (nSPS) is 13.8. The topological polar surface area (TPSA) is 146 Å². The Labute approximate surface area is 204 Å². The van der Waals surface area contributed by atoms with Gasteiger partial charge < -0.3 is 31.3 Å². The Bertz CT molecular complexity index is 1260. The van der Waals surface area contributed by atoms with Gasteiger partial charge in [-0.3, -0.25) is 4.79 Å². The van der Waals surface area contributed by atoms with Crippen LogP contribution in [0.25, 0.3) is 0 Å². The maximum atomic E-state index is 12.2. The second-order valence-electron chi connectivity index (χ2n) is 8.32. The smallest absolute Gasteiger partial charge is 0.271 e. The number of nitrogens with zero attached hydrogens (tertiary/aromatic N) is 5. The number of nitrogens with two attached hydrogens (primary N) is 2. The summed E-state index contributed by atoms with van der Waals surface area (Å²) < 4.78 is 5.94. The number of rotatable bonds is 7. The van der Waals surface area contributed by atoms with Crippen LogP contribution in [0.3, 0.4) is 0 Å². The zero-order valence-corrected chi connectivity index (χ0v) is 19.8. The van der Waals surface area contributed by atoms with Crippen LogP contribution in [0.2, 0.25) is 0 Å². The lowest BCUT2D eigenvalue weighted by molar-refractivity contribution is 0.0996. The molecule has 1 aromatic heterocycles. The minimum atomic E-state index is -0.711. The fraction of sp³-hybridized carbons (Fsp3) is 0.280. The number of anilines is 4. The third-order valence-electron chi connectivity index (χ3n) is 5.83. The number of ether oxygens (including phenoxy) is 1. The molecule has 0 saturated carbocycles. The summed E-state index contributed by atoms with van der Waals surface area (Å²) >= 11 is 0. The van der Waals surface area contributed by atoms with Gasteiger partial charge in [-0.2, -0.15) is 10.2 Å². The summed E-state index contributed by atoms with van der Waals surface area (Å²) in [5, 5.41) is 12.6. The van der Waals surface area contributed by atoms with Gasteiger partial charge in [0, 0.05) is 49.3 Å². The number of nitrogens with one attached hydrogen (secondary N) is 1. The first-order valence-corrected chi connectivity index (χ1v) is 11.4. The lowest BCUT2D eigenvalue weighted by Gasteiger charge is -2.34. The summed E-state index contributed by atoms with van der Waals surface area (Å²) in [6.45, 7) is 5.83. The Morgan fingerprint density at radius 1 is 1.14 bits per heavy atom. The van der Waals surface area contributed by atoms with Crippen LogP contribution in [0.15, 0.2) is 42.5 Å². The van der Waals surface area contributed by atoms with Crippen molar-refractivity contribution in [2.24, 2.45) is 5.73 Å². The summed E-state index contributed by atoms with van der Waals surface area (Å²) in [4.78, 5) is 25.7. The number of amides is 1. The van der Waals surface area contributed by atoms with Gasteiger partial charge in [0.15, 0.2) is 11.5 Å². The Kier molecular flexibility index (Phi) is 6.98. The van der Waals surface area contributed by atoms with Crippen LogP contribution in [0.4, 0.5) is 22.9 Å². The molecule has 0 aliphatic carbocycles. The molecule has 2 aromatic carbocycles. The standard InChI is InChI=1S/C25H28N8O2/c1-3-20-25(35-21-14-17(27)5-4-16(21)15-26)31-24(22(30-20)23(28)34)29-18-6-8-19(9-7-18)33-12-10-32(2)11-13-33/h4-9,14H,3,10-13,27H2,1-2H3,(H2,28,34)(H,29,31). The first-order chi connectivity index (χ1) is 16.9. The number of hydrogen-bond acceptors (Lipinski definition) is 9. The van der Waals surface area contributed by atoms with Crippen molar-refractivity contribution >= 4 is 28.8 Å². The minimum Gasteiger partial charge on any atom is -0.436 e. The van der Waals surface area contributed by atoms with Gasteiger partial charge in [-0.05, 0) is 49.9 Å². The van der Waals surface area contributed by atoms with E-state index in [1.165, 1.54) is 0 Å². The largest absolute Gasteiger partial charge is 0.436 e. The van der Waals surface area contributed by atoms with E-state index in [1.54, 1.807) is 18.2 Å². The van der Waals surface area contributed by atoms with E-state index >= 15 is 0 Å². The molecule has 10 nitrogen and oxygen atoms in total. The molecule has 4 rings (SSSR count). The highest BCUT2D eigenvalue weighted by Crippen LogP contribution is 2.31. The average Bonchev–Trinajstić information content (AvgIpc) is 2.85. The van der Waals surface area contributed by atoms with Crippen molar-refractivity contribution < 1.29 is 9.53 Å². The lowest BCUT2D eigenvalue weighted by Crippen LogP contribution is -2.44. The predicted molar refractivity (Wildman–Crippen MR) is 135 cm³/mol. The number of piperazine rings is 1. The van der Waals surface area contributed by atoms with E-state index in [4.69, 9.17) is 16.2 Å². The molecule has 0 atom stereocenters. The van der Waals surface area contributed by atoms with Crippen LogP contribution in [-0.2, 0) is 6.42 Å². The third kappa shape index (κ3) is 5.42. The summed E-state index contributed by atoms with van der Waals surface area (Å²) in [5.41, 5.74) is 14.5. The average molecular weight is 473 g/mol. The summed E-state index contributed by atoms with van der Waals surface area (Å²) in [7, 11) is 2.12. The number of carbonyl (C=O) groups excluding carboxylic acids is 1. The van der Waals surface area contributed by atoms with Crippen molar-refractivity contribution in [1.82, 2.24) is 14.9 Å². The molecule has 10 heteroatoms. The van der Waals surface area contributed by atoms with Crippen molar-refractivity contribution in [1.29, 1.82) is 5.26 Å². The van der Waals surface area contributed by atoms with Crippen molar-refractivity contribution in [3.63, 3.8) is 0 Å². The number of nitriles is 1. The Morgan fingerprint density at radius 2 is 1.86 bits per heavy atom. The van der Waals surface area contributed by atoms with Crippen molar-refractivity contribution in [2.45, 2.75) is 13.3 Å². The van der Waals surface area contributed by atoms with Crippen molar-refractivity contribution in [3.05, 3.63) is 59.4 Å². The molecule has 1 saturated heterocycles. The molecule has 1 fully saturated rings. The van der Waals surface area contributed by atoms with Gasteiger partial charge in [0.05, 0.1) is 5.56 Å². The van der Waals surface area contributed by atoms with Gasteiger partial charge in [-0.15, -0.1) is 0 Å². The van der Waals surface area contributed by atoms with Crippen molar-refractivity contribution in [2.75, 3.05) is 49.2 Å². The zero-order chi connectivity index (χ0) is 24.9. The molecule has 0 radical (unpaired) electrons. The molecule has 3 aromatic rings. The van der Waals surface area contributed by atoms with Crippen LogP contribution in [0.1, 0.15) is 28.7 Å². The molecule has 180 valence electrons. The third-order valence-corrected chi connectivity index (χ3v) is 5.83. The van der Waals surface area contributed by atoms with Gasteiger partial charge in [-0.25, -0.2) is 4.98 Å². The maximum absolute atomic E-state index is 12.2. The molecule has 0 bridgehead atoms. The molecular weight excluding hydrogens is 444 g/mol. The summed E-state index contributed by atoms with van der Waals surface area (Å²) in [6.07, 6.45) is 0.437. The molecule has 2 heterocycles. The van der Waals surface area contributed by atoms with E-state index in [9.17, 15) is 10.1 Å². The molecule has 1 aliphatic heterocycles. The highest BCUT2D eigenvalue weighted by Gasteiger charge is 2.20. The van der Waals surface area contributed by atoms with E-state index in [0.29, 0.717) is 23.4 Å². The number of likely N-dealkylation sites (N-methyl/N-ethyl adjacent to an activating group) is 1. The monoisotopic (exact) mass is 472 g/mol. The van der Waals surface area contributed by atoms with E-state index in [1.807, 2.05) is 31.2 Å². The van der Waals surface area contributed by atoms with Gasteiger partial charge in [0.2, 0.25) is 5.88 Å². The Hall–Kier alpha value is -4.36. The van der Waals surface area contributed by atoms with Crippen LogP contribution >= 0.6 is 0 Å². The first kappa shape index (κ1) is 23.8. The number of nitrogen functional groups attached to an aromatic ring is 1. The SMILES string of the molecule is CCc1nc(C(N)=O)c(Nc2ccc(N3CCN(C)CC3)cc2)nc1Oc1cc(N)ccc1C#N. The zero-order valence-electron chi connectivity index (χ0n) is 19.8. The number of aryl methyl sites for hydroxylation is 1. The van der Waals surface area contributed by atoms with E-state index in [0.717, 1.165) is 37.6 Å². The van der Waals surface area contributed by atoms with Gasteiger partial charge in [-0.1, -0.05) is 6.92 Å². The van der Waals surface area contributed by atoms with Gasteiger partial charge in [0.25, 0.3) is 5.91 Å². The van der Waals surface area contributed by atoms with Crippen LogP contribution in [0, 0.1) is 11.3 Å². The fourth-order valence-electron chi connectivity index (χ4n) is 3.80. The second kappa shape index (κ2) is 10.3. The molecule has 1 aliphatic rings. The van der Waals surface area contributed by atoms with E-state index in [2.05, 4.69) is 38.2 Å². The molecule has 35 heavy (non-hydrogen) atoms. The number of benzene rings is 2.